The molecule has 3 nitrogen and oxygen atoms in total. The molecular weight excluding hydrogens is 200 g/mol. The first-order chi connectivity index (χ1) is 7.69. The molecule has 1 aromatic carbocycles. The molecule has 0 unspecified atom stereocenters. The second-order valence-electron chi connectivity index (χ2n) is 4.06. The van der Waals surface area contributed by atoms with Crippen molar-refractivity contribution >= 4 is 10.9 Å². The third kappa shape index (κ3) is 1.57. The van der Waals surface area contributed by atoms with Crippen molar-refractivity contribution in [3.05, 3.63) is 30.0 Å². The number of hydrogen-bond donors (Lipinski definition) is 1. The lowest BCUT2D eigenvalue weighted by Gasteiger charge is -2.09. The summed E-state index contributed by atoms with van der Waals surface area (Å²) in [5.41, 5.74) is 8.46. The van der Waals surface area contributed by atoms with Gasteiger partial charge in [0.25, 0.3) is 0 Å². The Morgan fingerprint density at radius 2 is 2.19 bits per heavy atom. The number of rotatable bonds is 3. The number of nitrogens with two attached hydrogens (primary N) is 1. The molecule has 0 amide bonds. The van der Waals surface area contributed by atoms with Gasteiger partial charge < -0.3 is 15.0 Å². The van der Waals surface area contributed by atoms with Gasteiger partial charge in [0.2, 0.25) is 0 Å². The van der Waals surface area contributed by atoms with E-state index in [1.165, 1.54) is 5.52 Å². The Kier molecular flexibility index (Phi) is 2.88. The van der Waals surface area contributed by atoms with Crippen molar-refractivity contribution in [1.29, 1.82) is 0 Å². The fraction of sp³-hybridized carbons (Fsp3) is 0.385. The van der Waals surface area contributed by atoms with Gasteiger partial charge in [-0.3, -0.25) is 0 Å². The SMILES string of the molecule is CC[C@@H](N)c1cn(C)c2cccc(OC)c12. The summed E-state index contributed by atoms with van der Waals surface area (Å²) in [7, 11) is 3.73. The highest BCUT2D eigenvalue weighted by Gasteiger charge is 2.15. The summed E-state index contributed by atoms with van der Waals surface area (Å²) in [5, 5.41) is 1.14. The Balaban J connectivity index is 2.74. The van der Waals surface area contributed by atoms with Gasteiger partial charge in [0, 0.05) is 24.7 Å². The van der Waals surface area contributed by atoms with Gasteiger partial charge in [-0.25, -0.2) is 0 Å². The second kappa shape index (κ2) is 4.18. The molecule has 0 spiro atoms. The second-order valence-corrected chi connectivity index (χ2v) is 4.06. The van der Waals surface area contributed by atoms with Crippen LogP contribution in [0.2, 0.25) is 0 Å². The van der Waals surface area contributed by atoms with Crippen LogP contribution in [0.1, 0.15) is 24.9 Å². The van der Waals surface area contributed by atoms with Gasteiger partial charge in [-0.2, -0.15) is 0 Å². The van der Waals surface area contributed by atoms with Crippen LogP contribution in [0.3, 0.4) is 0 Å². The fourth-order valence-electron chi connectivity index (χ4n) is 2.12. The number of nitrogens with zero attached hydrogens (tertiary/aromatic N) is 1. The molecule has 0 fully saturated rings. The molecule has 0 radical (unpaired) electrons. The Morgan fingerprint density at radius 3 is 2.81 bits per heavy atom. The standard InChI is InChI=1S/C13H18N2O/c1-4-10(14)9-8-15(2)11-6-5-7-12(16-3)13(9)11/h5-8,10H,4,14H2,1-3H3/t10-/m1/s1. The van der Waals surface area contributed by atoms with Gasteiger partial charge in [0.15, 0.2) is 0 Å². The lowest BCUT2D eigenvalue weighted by Crippen LogP contribution is -2.08. The van der Waals surface area contributed by atoms with E-state index in [2.05, 4.69) is 23.8 Å². The van der Waals surface area contributed by atoms with Crippen LogP contribution in [0.5, 0.6) is 5.75 Å². The molecule has 16 heavy (non-hydrogen) atoms. The van der Waals surface area contributed by atoms with Crippen LogP contribution < -0.4 is 10.5 Å². The average Bonchev–Trinajstić information content (AvgIpc) is 2.66. The van der Waals surface area contributed by atoms with E-state index < -0.39 is 0 Å². The maximum Gasteiger partial charge on any atom is 0.128 e. The van der Waals surface area contributed by atoms with E-state index >= 15 is 0 Å². The molecule has 2 rings (SSSR count). The smallest absolute Gasteiger partial charge is 0.128 e. The van der Waals surface area contributed by atoms with E-state index in [-0.39, 0.29) is 6.04 Å². The first-order valence-electron chi connectivity index (χ1n) is 5.56. The minimum atomic E-state index is 0.0694. The van der Waals surface area contributed by atoms with Crippen LogP contribution in [0.25, 0.3) is 10.9 Å². The van der Waals surface area contributed by atoms with E-state index in [1.807, 2.05) is 19.2 Å². The third-order valence-electron chi connectivity index (χ3n) is 3.06. The molecule has 1 atom stereocenters. The van der Waals surface area contributed by atoms with E-state index in [0.29, 0.717) is 0 Å². The summed E-state index contributed by atoms with van der Waals surface area (Å²) in [6.45, 7) is 2.10. The molecule has 2 N–H and O–H groups in total. The average molecular weight is 218 g/mol. The summed E-state index contributed by atoms with van der Waals surface area (Å²) in [4.78, 5) is 0. The van der Waals surface area contributed by atoms with E-state index in [9.17, 15) is 0 Å². The number of hydrogen-bond acceptors (Lipinski definition) is 2. The van der Waals surface area contributed by atoms with Gasteiger partial charge >= 0.3 is 0 Å². The highest BCUT2D eigenvalue weighted by atomic mass is 16.5. The maximum atomic E-state index is 6.13. The first-order valence-corrected chi connectivity index (χ1v) is 5.56. The van der Waals surface area contributed by atoms with E-state index in [1.54, 1.807) is 7.11 Å². The summed E-state index contributed by atoms with van der Waals surface area (Å²) >= 11 is 0. The fourth-order valence-corrected chi connectivity index (χ4v) is 2.12. The number of methoxy groups -OCH3 is 1. The minimum absolute atomic E-state index is 0.0694. The van der Waals surface area contributed by atoms with Gasteiger partial charge in [-0.15, -0.1) is 0 Å². The third-order valence-corrected chi connectivity index (χ3v) is 3.06. The van der Waals surface area contributed by atoms with Gasteiger partial charge in [-0.1, -0.05) is 13.0 Å². The zero-order valence-corrected chi connectivity index (χ0v) is 10.0. The molecule has 1 heterocycles. The Morgan fingerprint density at radius 1 is 1.44 bits per heavy atom. The number of fused-ring (bicyclic) bond motifs is 1. The number of aryl methyl sites for hydroxylation is 1. The molecule has 0 aliphatic heterocycles. The van der Waals surface area contributed by atoms with Crippen molar-refractivity contribution in [1.82, 2.24) is 4.57 Å². The maximum absolute atomic E-state index is 6.13. The summed E-state index contributed by atoms with van der Waals surface area (Å²) in [5.74, 6) is 0.900. The van der Waals surface area contributed by atoms with Gasteiger partial charge in [-0.05, 0) is 24.1 Å². The molecular formula is C13H18N2O. The van der Waals surface area contributed by atoms with E-state index in [0.717, 1.165) is 23.1 Å². The zero-order chi connectivity index (χ0) is 11.7. The largest absolute Gasteiger partial charge is 0.496 e. The van der Waals surface area contributed by atoms with Crippen molar-refractivity contribution in [2.45, 2.75) is 19.4 Å². The first kappa shape index (κ1) is 11.0. The van der Waals surface area contributed by atoms with Crippen LogP contribution in [0.4, 0.5) is 0 Å². The van der Waals surface area contributed by atoms with Crippen molar-refractivity contribution in [2.24, 2.45) is 12.8 Å². The van der Waals surface area contributed by atoms with Gasteiger partial charge in [0.05, 0.1) is 12.6 Å². The summed E-state index contributed by atoms with van der Waals surface area (Å²) in [6, 6.07) is 6.14. The van der Waals surface area contributed by atoms with Crippen LogP contribution in [-0.4, -0.2) is 11.7 Å². The summed E-state index contributed by atoms with van der Waals surface area (Å²) in [6.07, 6.45) is 3.03. The molecule has 0 saturated carbocycles. The Labute approximate surface area is 95.8 Å². The highest BCUT2D eigenvalue weighted by Crippen LogP contribution is 2.33. The monoisotopic (exact) mass is 218 g/mol. The quantitative estimate of drug-likeness (QED) is 0.860. The number of ether oxygens (including phenoxy) is 1. The minimum Gasteiger partial charge on any atom is -0.496 e. The topological polar surface area (TPSA) is 40.2 Å². The molecule has 1 aromatic heterocycles. The van der Waals surface area contributed by atoms with Crippen molar-refractivity contribution in [3.63, 3.8) is 0 Å². The van der Waals surface area contributed by atoms with Crippen molar-refractivity contribution in [2.75, 3.05) is 7.11 Å². The summed E-state index contributed by atoms with van der Waals surface area (Å²) < 4.78 is 7.51. The predicted molar refractivity (Wildman–Crippen MR) is 66.7 cm³/mol. The molecule has 3 heteroatoms. The molecule has 0 bridgehead atoms. The van der Waals surface area contributed by atoms with Gasteiger partial charge in [0.1, 0.15) is 5.75 Å². The highest BCUT2D eigenvalue weighted by molar-refractivity contribution is 5.90. The molecule has 86 valence electrons. The van der Waals surface area contributed by atoms with Crippen LogP contribution in [0, 0.1) is 0 Å². The lowest BCUT2D eigenvalue weighted by molar-refractivity contribution is 0.419. The van der Waals surface area contributed by atoms with Crippen LogP contribution >= 0.6 is 0 Å². The molecule has 0 aliphatic rings. The Bertz CT molecular complexity index is 502. The number of benzene rings is 1. The Hall–Kier alpha value is -1.48. The normalized spacial score (nSPS) is 13.0. The molecule has 2 aromatic rings. The molecule has 0 aliphatic carbocycles. The van der Waals surface area contributed by atoms with Crippen LogP contribution in [0.15, 0.2) is 24.4 Å². The van der Waals surface area contributed by atoms with E-state index in [4.69, 9.17) is 10.5 Å². The van der Waals surface area contributed by atoms with Crippen molar-refractivity contribution in [3.8, 4) is 5.75 Å². The van der Waals surface area contributed by atoms with Crippen molar-refractivity contribution < 1.29 is 4.74 Å². The lowest BCUT2D eigenvalue weighted by atomic mass is 10.0. The molecule has 0 saturated heterocycles. The predicted octanol–water partition coefficient (Wildman–Crippen LogP) is 2.60. The number of aromatic nitrogens is 1. The van der Waals surface area contributed by atoms with Crippen LogP contribution in [-0.2, 0) is 7.05 Å². The zero-order valence-electron chi connectivity index (χ0n) is 10.0.